The molecule has 0 fully saturated rings. The van der Waals surface area contributed by atoms with Crippen LogP contribution in [0, 0.1) is 11.8 Å². The molecule has 0 aliphatic rings. The van der Waals surface area contributed by atoms with E-state index in [1.165, 1.54) is 11.1 Å². The summed E-state index contributed by atoms with van der Waals surface area (Å²) in [5, 5.41) is 0. The smallest absolute Gasteiger partial charge is 0.0281 e. The van der Waals surface area contributed by atoms with Crippen molar-refractivity contribution in [1.82, 2.24) is 0 Å². The Labute approximate surface area is 144 Å². The van der Waals surface area contributed by atoms with Crippen molar-refractivity contribution >= 4 is 5.57 Å². The van der Waals surface area contributed by atoms with Crippen LogP contribution in [0.4, 0.5) is 0 Å². The van der Waals surface area contributed by atoms with Crippen molar-refractivity contribution in [3.63, 3.8) is 0 Å². The molecule has 0 heteroatoms. The van der Waals surface area contributed by atoms with E-state index in [1.807, 2.05) is 36.4 Å². The highest BCUT2D eigenvalue weighted by atomic mass is 14.0. The Balaban J connectivity index is 1.80. The molecule has 0 unspecified atom stereocenters. The van der Waals surface area contributed by atoms with Gasteiger partial charge in [0.1, 0.15) is 0 Å². The van der Waals surface area contributed by atoms with Gasteiger partial charge in [-0.1, -0.05) is 96.8 Å². The van der Waals surface area contributed by atoms with Crippen LogP contribution in [0.15, 0.2) is 97.1 Å². The molecule has 0 amide bonds. The fourth-order valence-electron chi connectivity index (χ4n) is 2.55. The predicted molar refractivity (Wildman–Crippen MR) is 103 cm³/mol. The van der Waals surface area contributed by atoms with Crippen LogP contribution in [0.2, 0.25) is 0 Å². The lowest BCUT2D eigenvalue weighted by Crippen LogP contribution is -1.85. The second kappa shape index (κ2) is 8.56. The van der Waals surface area contributed by atoms with Crippen LogP contribution >= 0.6 is 0 Å². The summed E-state index contributed by atoms with van der Waals surface area (Å²) in [6.45, 7) is 0. The fourth-order valence-corrected chi connectivity index (χ4v) is 2.55. The molecule has 0 saturated carbocycles. The van der Waals surface area contributed by atoms with Crippen molar-refractivity contribution in [3.05, 3.63) is 114 Å². The third-order valence-electron chi connectivity index (χ3n) is 3.82. The zero-order valence-corrected chi connectivity index (χ0v) is 13.7. The summed E-state index contributed by atoms with van der Waals surface area (Å²) in [4.78, 5) is 0. The number of hydrogen-bond acceptors (Lipinski definition) is 0. The van der Waals surface area contributed by atoms with Crippen LogP contribution in [0.5, 0.6) is 0 Å². The summed E-state index contributed by atoms with van der Waals surface area (Å²) >= 11 is 0. The van der Waals surface area contributed by atoms with Crippen LogP contribution < -0.4 is 0 Å². The van der Waals surface area contributed by atoms with Crippen LogP contribution in [-0.4, -0.2) is 0 Å². The van der Waals surface area contributed by atoms with E-state index in [-0.39, 0.29) is 0 Å². The fraction of sp³-hybridized carbons (Fsp3) is 0.0833. The van der Waals surface area contributed by atoms with Crippen molar-refractivity contribution in [2.75, 3.05) is 0 Å². The summed E-state index contributed by atoms with van der Waals surface area (Å²) in [5.41, 5.74) is 4.67. The molecule has 0 bridgehead atoms. The molecular weight excluding hydrogens is 288 g/mol. The molecule has 0 saturated heterocycles. The monoisotopic (exact) mass is 308 g/mol. The maximum Gasteiger partial charge on any atom is 0.0281 e. The van der Waals surface area contributed by atoms with Crippen molar-refractivity contribution < 1.29 is 0 Å². The highest BCUT2D eigenvalue weighted by molar-refractivity contribution is 5.79. The van der Waals surface area contributed by atoms with Crippen LogP contribution in [0.1, 0.15) is 23.1 Å². The molecule has 24 heavy (non-hydrogen) atoms. The van der Waals surface area contributed by atoms with E-state index in [2.05, 4.69) is 72.5 Å². The minimum absolute atomic E-state index is 0.984. The lowest BCUT2D eigenvalue weighted by atomic mass is 10.0. The minimum atomic E-state index is 0.984. The molecule has 0 spiro atoms. The number of aryl methyl sites for hydroxylation is 1. The molecule has 3 aromatic carbocycles. The van der Waals surface area contributed by atoms with Gasteiger partial charge < -0.3 is 0 Å². The number of benzene rings is 3. The third-order valence-corrected chi connectivity index (χ3v) is 3.82. The molecular formula is C24H20. The van der Waals surface area contributed by atoms with Gasteiger partial charge in [0, 0.05) is 11.1 Å². The van der Waals surface area contributed by atoms with Gasteiger partial charge >= 0.3 is 0 Å². The Morgan fingerprint density at radius 3 is 1.96 bits per heavy atom. The second-order valence-electron chi connectivity index (χ2n) is 5.62. The minimum Gasteiger partial charge on any atom is -0.0679 e. The summed E-state index contributed by atoms with van der Waals surface area (Å²) in [6, 6.07) is 31.1. The third kappa shape index (κ3) is 4.73. The summed E-state index contributed by atoms with van der Waals surface area (Å²) < 4.78 is 0. The topological polar surface area (TPSA) is 0 Å². The average molecular weight is 308 g/mol. The van der Waals surface area contributed by atoms with Crippen LogP contribution in [0.3, 0.4) is 0 Å². The van der Waals surface area contributed by atoms with Gasteiger partial charge in [-0.3, -0.25) is 0 Å². The molecule has 116 valence electrons. The predicted octanol–water partition coefficient (Wildman–Crippen LogP) is 5.75. The molecule has 3 aromatic rings. The Bertz CT molecular complexity index is 832. The van der Waals surface area contributed by atoms with Gasteiger partial charge in [-0.05, 0) is 36.1 Å². The second-order valence-corrected chi connectivity index (χ2v) is 5.62. The Hall–Kier alpha value is -3.04. The molecule has 0 aliphatic heterocycles. The first-order valence-corrected chi connectivity index (χ1v) is 8.28. The largest absolute Gasteiger partial charge is 0.0679 e. The van der Waals surface area contributed by atoms with E-state index in [9.17, 15) is 0 Å². The highest BCUT2D eigenvalue weighted by Gasteiger charge is 1.98. The first kappa shape index (κ1) is 15.8. The lowest BCUT2D eigenvalue weighted by molar-refractivity contribution is 1.00. The van der Waals surface area contributed by atoms with E-state index in [0.717, 1.165) is 24.0 Å². The number of rotatable bonds is 4. The molecule has 0 aliphatic carbocycles. The van der Waals surface area contributed by atoms with Gasteiger partial charge in [0.2, 0.25) is 0 Å². The quantitative estimate of drug-likeness (QED) is 0.538. The van der Waals surface area contributed by atoms with E-state index >= 15 is 0 Å². The maximum atomic E-state index is 3.35. The van der Waals surface area contributed by atoms with Gasteiger partial charge in [0.05, 0.1) is 0 Å². The first-order valence-electron chi connectivity index (χ1n) is 8.28. The van der Waals surface area contributed by atoms with Gasteiger partial charge in [-0.25, -0.2) is 0 Å². The molecule has 0 radical (unpaired) electrons. The van der Waals surface area contributed by atoms with E-state index < -0.39 is 0 Å². The van der Waals surface area contributed by atoms with Gasteiger partial charge in [-0.2, -0.15) is 0 Å². The van der Waals surface area contributed by atoms with Gasteiger partial charge in [0.15, 0.2) is 0 Å². The van der Waals surface area contributed by atoms with Gasteiger partial charge in [0.25, 0.3) is 0 Å². The number of allylic oxidation sites excluding steroid dienone is 2. The zero-order chi connectivity index (χ0) is 16.5. The normalized spacial score (nSPS) is 10.8. The maximum absolute atomic E-state index is 3.35. The Morgan fingerprint density at radius 1 is 0.708 bits per heavy atom. The molecule has 0 nitrogen and oxygen atoms in total. The summed E-state index contributed by atoms with van der Waals surface area (Å²) in [6.07, 6.45) is 4.26. The Morgan fingerprint density at radius 2 is 1.29 bits per heavy atom. The molecule has 0 atom stereocenters. The standard InChI is InChI=1S/C24H20/c1-4-11-21(12-5-1)15-10-18-24(23-16-8-3-9-17-23)20-19-22-13-6-2-7-14-22/h1-9,11-14,16-18H,10,15H2/b24-18-. The first-order chi connectivity index (χ1) is 11.9. The van der Waals surface area contributed by atoms with Crippen molar-refractivity contribution in [1.29, 1.82) is 0 Å². The average Bonchev–Trinajstić information content (AvgIpc) is 2.67. The SMILES string of the molecule is C(#Cc1ccccc1)/C(=C/CCc1ccccc1)c1ccccc1. The molecule has 0 N–H and O–H groups in total. The zero-order valence-electron chi connectivity index (χ0n) is 13.7. The lowest BCUT2D eigenvalue weighted by Gasteiger charge is -2.02. The van der Waals surface area contributed by atoms with Crippen LogP contribution in [0.25, 0.3) is 5.57 Å². The highest BCUT2D eigenvalue weighted by Crippen LogP contribution is 2.15. The summed E-state index contributed by atoms with van der Waals surface area (Å²) in [5.74, 6) is 6.62. The Kier molecular flexibility index (Phi) is 5.65. The van der Waals surface area contributed by atoms with E-state index in [4.69, 9.17) is 0 Å². The van der Waals surface area contributed by atoms with Crippen molar-refractivity contribution in [2.24, 2.45) is 0 Å². The number of hydrogen-bond donors (Lipinski definition) is 0. The van der Waals surface area contributed by atoms with E-state index in [0.29, 0.717) is 0 Å². The summed E-state index contributed by atoms with van der Waals surface area (Å²) in [7, 11) is 0. The molecule has 0 heterocycles. The van der Waals surface area contributed by atoms with Gasteiger partial charge in [-0.15, -0.1) is 0 Å². The van der Waals surface area contributed by atoms with Crippen molar-refractivity contribution in [2.45, 2.75) is 12.8 Å². The molecule has 0 aromatic heterocycles. The van der Waals surface area contributed by atoms with Crippen molar-refractivity contribution in [3.8, 4) is 11.8 Å². The molecule has 3 rings (SSSR count). The van der Waals surface area contributed by atoms with Crippen LogP contribution in [-0.2, 0) is 6.42 Å². The van der Waals surface area contributed by atoms with E-state index in [1.54, 1.807) is 0 Å².